The van der Waals surface area contributed by atoms with Crippen LogP contribution in [0.2, 0.25) is 0 Å². The number of methoxy groups -OCH3 is 1. The third kappa shape index (κ3) is 4.48. The van der Waals surface area contributed by atoms with Crippen molar-refractivity contribution in [2.45, 2.75) is 25.7 Å². The van der Waals surface area contributed by atoms with Gasteiger partial charge in [0.05, 0.1) is 13.5 Å². The summed E-state index contributed by atoms with van der Waals surface area (Å²) in [5.41, 5.74) is 0.867. The Bertz CT molecular complexity index is 502. The smallest absolute Gasteiger partial charge is 0.224 e. The minimum Gasteiger partial charge on any atom is -0.496 e. The molecule has 0 radical (unpaired) electrons. The predicted octanol–water partition coefficient (Wildman–Crippen LogP) is 1.37. The van der Waals surface area contributed by atoms with Crippen molar-refractivity contribution in [1.82, 2.24) is 10.2 Å². The Morgan fingerprint density at radius 2 is 2.14 bits per heavy atom. The molecule has 2 amide bonds. The van der Waals surface area contributed by atoms with Crippen LogP contribution < -0.4 is 10.1 Å². The van der Waals surface area contributed by atoms with Gasteiger partial charge in [-0.2, -0.15) is 0 Å². The lowest BCUT2D eigenvalue weighted by Crippen LogP contribution is -2.41. The highest BCUT2D eigenvalue weighted by atomic mass is 16.5. The van der Waals surface area contributed by atoms with E-state index in [9.17, 15) is 9.59 Å². The Hall–Kier alpha value is -2.04. The number of benzene rings is 1. The van der Waals surface area contributed by atoms with Crippen LogP contribution in [0.4, 0.5) is 0 Å². The van der Waals surface area contributed by atoms with Gasteiger partial charge in [-0.3, -0.25) is 9.59 Å². The van der Waals surface area contributed by atoms with Crippen LogP contribution in [0.25, 0.3) is 0 Å². The highest BCUT2D eigenvalue weighted by molar-refractivity contribution is 5.79. The van der Waals surface area contributed by atoms with Crippen LogP contribution in [0.5, 0.6) is 5.75 Å². The van der Waals surface area contributed by atoms with Crippen molar-refractivity contribution in [1.29, 1.82) is 0 Å². The van der Waals surface area contributed by atoms with E-state index in [1.54, 1.807) is 7.11 Å². The van der Waals surface area contributed by atoms with Crippen molar-refractivity contribution in [3.05, 3.63) is 29.8 Å². The average Bonchev–Trinajstić information content (AvgIpc) is 2.50. The van der Waals surface area contributed by atoms with Crippen LogP contribution in [-0.4, -0.2) is 43.5 Å². The van der Waals surface area contributed by atoms with E-state index in [1.165, 1.54) is 0 Å². The van der Waals surface area contributed by atoms with Crippen LogP contribution in [0.1, 0.15) is 24.8 Å². The van der Waals surface area contributed by atoms with Gasteiger partial charge in [-0.05, 0) is 18.9 Å². The van der Waals surface area contributed by atoms with E-state index in [1.807, 2.05) is 29.2 Å². The number of amides is 2. The third-order valence-electron chi connectivity index (χ3n) is 3.67. The number of hydrogen-bond acceptors (Lipinski definition) is 3. The molecule has 21 heavy (non-hydrogen) atoms. The molecule has 2 rings (SSSR count). The number of likely N-dealkylation sites (tertiary alicyclic amines) is 1. The molecule has 0 saturated carbocycles. The lowest BCUT2D eigenvalue weighted by atomic mass is 10.1. The molecule has 0 bridgehead atoms. The Labute approximate surface area is 125 Å². The molecule has 0 unspecified atom stereocenters. The standard InChI is InChI=1S/C16H22N2O3/c1-21-14-7-3-2-6-13(14)12-15(19)17-9-11-18-10-5-4-8-16(18)20/h2-3,6-7H,4-5,8-12H2,1H3,(H,17,19). The van der Waals surface area contributed by atoms with Crippen molar-refractivity contribution in [3.63, 3.8) is 0 Å². The summed E-state index contributed by atoms with van der Waals surface area (Å²) >= 11 is 0. The van der Waals surface area contributed by atoms with Crippen molar-refractivity contribution in [2.24, 2.45) is 0 Å². The maximum Gasteiger partial charge on any atom is 0.224 e. The number of hydrogen-bond donors (Lipinski definition) is 1. The SMILES string of the molecule is COc1ccccc1CC(=O)NCCN1CCCCC1=O. The molecule has 1 aromatic carbocycles. The van der Waals surface area contributed by atoms with E-state index in [0.29, 0.717) is 19.5 Å². The fourth-order valence-electron chi connectivity index (χ4n) is 2.51. The van der Waals surface area contributed by atoms with E-state index >= 15 is 0 Å². The van der Waals surface area contributed by atoms with Gasteiger partial charge in [-0.15, -0.1) is 0 Å². The molecule has 1 fully saturated rings. The molecule has 0 spiro atoms. The summed E-state index contributed by atoms with van der Waals surface area (Å²) in [4.78, 5) is 25.4. The van der Waals surface area contributed by atoms with Gasteiger partial charge in [0.15, 0.2) is 0 Å². The minimum atomic E-state index is -0.0519. The number of nitrogens with one attached hydrogen (secondary N) is 1. The third-order valence-corrected chi connectivity index (χ3v) is 3.67. The average molecular weight is 290 g/mol. The number of carbonyl (C=O) groups is 2. The first-order valence-corrected chi connectivity index (χ1v) is 7.37. The summed E-state index contributed by atoms with van der Waals surface area (Å²) in [6, 6.07) is 7.49. The molecule has 0 aromatic heterocycles. The van der Waals surface area contributed by atoms with Crippen molar-refractivity contribution >= 4 is 11.8 Å². The van der Waals surface area contributed by atoms with Crippen LogP contribution in [0.15, 0.2) is 24.3 Å². The highest BCUT2D eigenvalue weighted by Gasteiger charge is 2.17. The summed E-state index contributed by atoms with van der Waals surface area (Å²) in [5.74, 6) is 0.864. The number of rotatable bonds is 6. The monoisotopic (exact) mass is 290 g/mol. The largest absolute Gasteiger partial charge is 0.496 e. The summed E-state index contributed by atoms with van der Waals surface area (Å²) in [6.07, 6.45) is 2.96. The molecular formula is C16H22N2O3. The van der Waals surface area contributed by atoms with E-state index in [4.69, 9.17) is 4.74 Å². The maximum absolute atomic E-state index is 11.9. The molecule has 1 heterocycles. The van der Waals surface area contributed by atoms with Gasteiger partial charge in [-0.25, -0.2) is 0 Å². The first-order chi connectivity index (χ1) is 10.2. The van der Waals surface area contributed by atoms with Crippen LogP contribution in [-0.2, 0) is 16.0 Å². The lowest BCUT2D eigenvalue weighted by molar-refractivity contribution is -0.133. The fourth-order valence-corrected chi connectivity index (χ4v) is 2.51. The van der Waals surface area contributed by atoms with Gasteiger partial charge in [0, 0.05) is 31.6 Å². The van der Waals surface area contributed by atoms with E-state index in [-0.39, 0.29) is 18.2 Å². The van der Waals surface area contributed by atoms with Crippen molar-refractivity contribution < 1.29 is 14.3 Å². The van der Waals surface area contributed by atoms with Gasteiger partial charge in [-0.1, -0.05) is 18.2 Å². The predicted molar refractivity (Wildman–Crippen MR) is 80.1 cm³/mol. The van der Waals surface area contributed by atoms with Gasteiger partial charge >= 0.3 is 0 Å². The first-order valence-electron chi connectivity index (χ1n) is 7.37. The summed E-state index contributed by atoms with van der Waals surface area (Å²) in [7, 11) is 1.60. The second-order valence-corrected chi connectivity index (χ2v) is 5.18. The van der Waals surface area contributed by atoms with Gasteiger partial charge < -0.3 is 15.0 Å². The number of para-hydroxylation sites is 1. The zero-order valence-electron chi connectivity index (χ0n) is 12.4. The molecule has 1 N–H and O–H groups in total. The van der Waals surface area contributed by atoms with Crippen LogP contribution in [0, 0.1) is 0 Å². The van der Waals surface area contributed by atoms with Gasteiger partial charge in [0.2, 0.25) is 11.8 Å². The van der Waals surface area contributed by atoms with E-state index in [0.717, 1.165) is 30.7 Å². The number of nitrogens with zero attached hydrogens (tertiary/aromatic N) is 1. The molecule has 5 heteroatoms. The molecule has 114 valence electrons. The van der Waals surface area contributed by atoms with Crippen molar-refractivity contribution in [2.75, 3.05) is 26.7 Å². The van der Waals surface area contributed by atoms with Gasteiger partial charge in [0.1, 0.15) is 5.75 Å². The molecule has 1 aliphatic heterocycles. The minimum absolute atomic E-state index is 0.0519. The zero-order valence-corrected chi connectivity index (χ0v) is 12.4. The second kappa shape index (κ2) is 7.67. The molecular weight excluding hydrogens is 268 g/mol. The second-order valence-electron chi connectivity index (χ2n) is 5.18. The zero-order chi connectivity index (χ0) is 15.1. The molecule has 1 saturated heterocycles. The normalized spacial score (nSPS) is 14.9. The quantitative estimate of drug-likeness (QED) is 0.861. The Morgan fingerprint density at radius 3 is 2.90 bits per heavy atom. The number of piperidine rings is 1. The molecule has 5 nitrogen and oxygen atoms in total. The Balaban J connectivity index is 1.76. The summed E-state index contributed by atoms with van der Waals surface area (Å²) in [5, 5.41) is 2.86. The number of ether oxygens (including phenoxy) is 1. The van der Waals surface area contributed by atoms with Crippen molar-refractivity contribution in [3.8, 4) is 5.75 Å². The highest BCUT2D eigenvalue weighted by Crippen LogP contribution is 2.17. The topological polar surface area (TPSA) is 58.6 Å². The first kappa shape index (κ1) is 15.4. The van der Waals surface area contributed by atoms with E-state index in [2.05, 4.69) is 5.32 Å². The molecule has 0 aliphatic carbocycles. The lowest BCUT2D eigenvalue weighted by Gasteiger charge is -2.26. The molecule has 1 aliphatic rings. The summed E-state index contributed by atoms with van der Waals surface area (Å²) in [6.45, 7) is 1.90. The van der Waals surface area contributed by atoms with Crippen LogP contribution in [0.3, 0.4) is 0 Å². The number of carbonyl (C=O) groups excluding carboxylic acids is 2. The maximum atomic E-state index is 11.9. The molecule has 0 atom stereocenters. The fraction of sp³-hybridized carbons (Fsp3) is 0.500. The molecule has 1 aromatic rings. The van der Waals surface area contributed by atoms with Gasteiger partial charge in [0.25, 0.3) is 0 Å². The Kier molecular flexibility index (Phi) is 5.60. The Morgan fingerprint density at radius 1 is 1.33 bits per heavy atom. The summed E-state index contributed by atoms with van der Waals surface area (Å²) < 4.78 is 5.23. The van der Waals surface area contributed by atoms with Crippen LogP contribution >= 0.6 is 0 Å². The van der Waals surface area contributed by atoms with E-state index < -0.39 is 0 Å².